The van der Waals surface area contributed by atoms with E-state index < -0.39 is 18.1 Å². The zero-order valence-corrected chi connectivity index (χ0v) is 19.6. The number of carbonyl (C=O) groups is 3. The molecule has 2 rings (SSSR count). The summed E-state index contributed by atoms with van der Waals surface area (Å²) in [5, 5.41) is 8.16. The van der Waals surface area contributed by atoms with Crippen molar-refractivity contribution >= 4 is 35.2 Å². The van der Waals surface area contributed by atoms with E-state index >= 15 is 0 Å². The number of hydrogen-bond acceptors (Lipinski definition) is 8. The van der Waals surface area contributed by atoms with Gasteiger partial charge in [-0.05, 0) is 37.5 Å². The predicted octanol–water partition coefficient (Wildman–Crippen LogP) is 1.35. The molecular weight excluding hydrogens is 426 g/mol. The van der Waals surface area contributed by atoms with Crippen LogP contribution in [0.25, 0.3) is 0 Å². The highest BCUT2D eigenvalue weighted by Gasteiger charge is 2.19. The molecule has 1 heterocycles. The van der Waals surface area contributed by atoms with E-state index in [0.29, 0.717) is 36.6 Å². The summed E-state index contributed by atoms with van der Waals surface area (Å²) in [4.78, 5) is 46.0. The van der Waals surface area contributed by atoms with Crippen molar-refractivity contribution in [2.75, 3.05) is 37.9 Å². The van der Waals surface area contributed by atoms with Gasteiger partial charge in [-0.15, -0.1) is 0 Å². The molecule has 33 heavy (non-hydrogen) atoms. The van der Waals surface area contributed by atoms with Gasteiger partial charge in [0.15, 0.2) is 23.4 Å². The van der Waals surface area contributed by atoms with Gasteiger partial charge in [-0.2, -0.15) is 0 Å². The van der Waals surface area contributed by atoms with E-state index in [4.69, 9.17) is 10.5 Å². The fourth-order valence-electron chi connectivity index (χ4n) is 3.00. The van der Waals surface area contributed by atoms with Crippen molar-refractivity contribution < 1.29 is 19.1 Å². The van der Waals surface area contributed by atoms with E-state index in [1.165, 1.54) is 14.0 Å². The van der Waals surface area contributed by atoms with Crippen LogP contribution in [-0.2, 0) is 22.4 Å². The Morgan fingerprint density at radius 1 is 1.21 bits per heavy atom. The van der Waals surface area contributed by atoms with Crippen LogP contribution in [0.1, 0.15) is 35.6 Å². The summed E-state index contributed by atoms with van der Waals surface area (Å²) in [5.41, 5.74) is 7.92. The van der Waals surface area contributed by atoms with Crippen molar-refractivity contribution in [3.8, 4) is 0 Å². The van der Waals surface area contributed by atoms with Gasteiger partial charge in [-0.25, -0.2) is 14.8 Å². The third-order valence-corrected chi connectivity index (χ3v) is 4.70. The highest BCUT2D eigenvalue weighted by Crippen LogP contribution is 2.24. The molecule has 0 radical (unpaired) electrons. The molecule has 0 spiro atoms. The van der Waals surface area contributed by atoms with Crippen molar-refractivity contribution in [2.45, 2.75) is 32.8 Å². The van der Waals surface area contributed by atoms with Gasteiger partial charge in [0, 0.05) is 33.4 Å². The predicted molar refractivity (Wildman–Crippen MR) is 126 cm³/mol. The lowest BCUT2D eigenvalue weighted by Gasteiger charge is -2.18. The highest BCUT2D eigenvalue weighted by molar-refractivity contribution is 5.96. The molecule has 0 saturated heterocycles. The van der Waals surface area contributed by atoms with Crippen molar-refractivity contribution in [2.24, 2.45) is 5.73 Å². The molecule has 11 heteroatoms. The van der Waals surface area contributed by atoms with Crippen LogP contribution < -0.4 is 26.6 Å². The third-order valence-electron chi connectivity index (χ3n) is 4.70. The standard InChI is InChI=1S/C22H31N7O4/c1-6-16-20(29(4)5)28-19(17(27-16)18(23)30)26-15-9-7-8-14(12-15)10-11-25-21(31)13(2)33-22(32)24-3/h7-9,12-13H,6,10-11H2,1-5H3,(H2,23,30)(H,24,32)(H,25,31)(H,26,28). The summed E-state index contributed by atoms with van der Waals surface area (Å²) in [5.74, 6) is -0.135. The molecule has 0 bridgehead atoms. The average Bonchev–Trinajstić information content (AvgIpc) is 2.78. The molecular formula is C22H31N7O4. The first-order valence-electron chi connectivity index (χ1n) is 10.6. The number of rotatable bonds is 10. The van der Waals surface area contributed by atoms with Crippen LogP contribution in [-0.4, -0.2) is 61.7 Å². The van der Waals surface area contributed by atoms with Gasteiger partial charge in [0.1, 0.15) is 0 Å². The zero-order valence-electron chi connectivity index (χ0n) is 19.6. The first-order chi connectivity index (χ1) is 15.7. The van der Waals surface area contributed by atoms with Gasteiger partial charge >= 0.3 is 6.09 Å². The number of carbonyl (C=O) groups excluding carboxylic acids is 3. The molecule has 0 aliphatic carbocycles. The molecule has 5 N–H and O–H groups in total. The second-order valence-electron chi connectivity index (χ2n) is 7.47. The van der Waals surface area contributed by atoms with Crippen LogP contribution in [0.5, 0.6) is 0 Å². The molecule has 0 aliphatic rings. The number of ether oxygens (including phenoxy) is 1. The molecule has 2 aromatic rings. The monoisotopic (exact) mass is 457 g/mol. The summed E-state index contributed by atoms with van der Waals surface area (Å²) in [6, 6.07) is 7.47. The van der Waals surface area contributed by atoms with Gasteiger partial charge in [0.25, 0.3) is 11.8 Å². The largest absolute Gasteiger partial charge is 0.436 e. The fraction of sp³-hybridized carbons (Fsp3) is 0.409. The summed E-state index contributed by atoms with van der Waals surface area (Å²) in [7, 11) is 5.13. The van der Waals surface area contributed by atoms with Crippen LogP contribution in [0.2, 0.25) is 0 Å². The van der Waals surface area contributed by atoms with Crippen LogP contribution >= 0.6 is 0 Å². The molecule has 178 valence electrons. The van der Waals surface area contributed by atoms with Gasteiger partial charge < -0.3 is 31.3 Å². The Morgan fingerprint density at radius 3 is 2.55 bits per heavy atom. The molecule has 11 nitrogen and oxygen atoms in total. The summed E-state index contributed by atoms with van der Waals surface area (Å²) in [6.07, 6.45) is -0.422. The number of aromatic nitrogens is 2. The number of amides is 3. The number of aryl methyl sites for hydroxylation is 1. The first kappa shape index (κ1) is 25.4. The van der Waals surface area contributed by atoms with E-state index in [0.717, 1.165) is 5.56 Å². The van der Waals surface area contributed by atoms with E-state index in [-0.39, 0.29) is 17.4 Å². The molecule has 0 aliphatic heterocycles. The summed E-state index contributed by atoms with van der Waals surface area (Å²) < 4.78 is 4.90. The highest BCUT2D eigenvalue weighted by atomic mass is 16.6. The van der Waals surface area contributed by atoms with Gasteiger partial charge in [-0.1, -0.05) is 19.1 Å². The quantitative estimate of drug-likeness (QED) is 0.417. The van der Waals surface area contributed by atoms with Crippen LogP contribution in [0.4, 0.5) is 22.1 Å². The van der Waals surface area contributed by atoms with Crippen LogP contribution in [0.15, 0.2) is 24.3 Å². The number of nitrogens with one attached hydrogen (secondary N) is 3. The maximum absolute atomic E-state index is 12.0. The zero-order chi connectivity index (χ0) is 24.5. The number of alkyl carbamates (subject to hydrolysis) is 1. The van der Waals surface area contributed by atoms with Gasteiger partial charge in [-0.3, -0.25) is 9.59 Å². The van der Waals surface area contributed by atoms with E-state index in [2.05, 4.69) is 25.9 Å². The Labute approximate surface area is 193 Å². The average molecular weight is 458 g/mol. The first-order valence-corrected chi connectivity index (χ1v) is 10.6. The van der Waals surface area contributed by atoms with Crippen molar-refractivity contribution in [3.63, 3.8) is 0 Å². The molecule has 0 fully saturated rings. The number of nitrogens with zero attached hydrogens (tertiary/aromatic N) is 3. The molecule has 1 aromatic carbocycles. The Kier molecular flexibility index (Phi) is 8.96. The molecule has 1 unspecified atom stereocenters. The summed E-state index contributed by atoms with van der Waals surface area (Å²) in [6.45, 7) is 3.78. The Hall–Kier alpha value is -3.89. The van der Waals surface area contributed by atoms with Crippen LogP contribution in [0, 0.1) is 0 Å². The molecule has 0 saturated carbocycles. The Balaban J connectivity index is 2.11. The maximum atomic E-state index is 12.0. The minimum absolute atomic E-state index is 0.0696. The van der Waals surface area contributed by atoms with E-state index in [9.17, 15) is 14.4 Å². The minimum atomic E-state index is -0.902. The number of primary amides is 1. The second kappa shape index (κ2) is 11.7. The smallest absolute Gasteiger partial charge is 0.407 e. The number of anilines is 3. The van der Waals surface area contributed by atoms with Gasteiger partial charge in [0.05, 0.1) is 5.69 Å². The van der Waals surface area contributed by atoms with Crippen molar-refractivity contribution in [3.05, 3.63) is 41.2 Å². The lowest BCUT2D eigenvalue weighted by atomic mass is 10.1. The van der Waals surface area contributed by atoms with E-state index in [1.807, 2.05) is 50.2 Å². The lowest BCUT2D eigenvalue weighted by Crippen LogP contribution is -2.38. The number of nitrogens with two attached hydrogens (primary N) is 1. The molecule has 1 atom stereocenters. The summed E-state index contributed by atoms with van der Waals surface area (Å²) >= 11 is 0. The Morgan fingerprint density at radius 2 is 1.94 bits per heavy atom. The normalized spacial score (nSPS) is 11.3. The topological polar surface area (TPSA) is 152 Å². The second-order valence-corrected chi connectivity index (χ2v) is 7.47. The fourth-order valence-corrected chi connectivity index (χ4v) is 3.00. The maximum Gasteiger partial charge on any atom is 0.407 e. The lowest BCUT2D eigenvalue weighted by molar-refractivity contribution is -0.128. The Bertz CT molecular complexity index is 1010. The van der Waals surface area contributed by atoms with E-state index in [1.54, 1.807) is 0 Å². The number of hydrogen-bond donors (Lipinski definition) is 4. The number of benzene rings is 1. The van der Waals surface area contributed by atoms with Crippen LogP contribution in [0.3, 0.4) is 0 Å². The molecule has 3 amide bonds. The minimum Gasteiger partial charge on any atom is -0.436 e. The third kappa shape index (κ3) is 7.06. The van der Waals surface area contributed by atoms with Crippen molar-refractivity contribution in [1.29, 1.82) is 0 Å². The SMILES string of the molecule is CCc1nc(C(N)=O)c(Nc2cccc(CCNC(=O)C(C)OC(=O)NC)c2)nc1N(C)C. The molecule has 1 aromatic heterocycles. The van der Waals surface area contributed by atoms with Crippen molar-refractivity contribution in [1.82, 2.24) is 20.6 Å². The van der Waals surface area contributed by atoms with Gasteiger partial charge in [0.2, 0.25) is 0 Å².